The molecule has 0 radical (unpaired) electrons. The first-order valence-corrected chi connectivity index (χ1v) is 7.62. The van der Waals surface area contributed by atoms with Gasteiger partial charge in [0.25, 0.3) is 0 Å². The van der Waals surface area contributed by atoms with E-state index in [1.165, 1.54) is 5.56 Å². The van der Waals surface area contributed by atoms with Gasteiger partial charge in [-0.15, -0.1) is 0 Å². The zero-order valence-corrected chi connectivity index (χ0v) is 13.0. The molecule has 19 heavy (non-hydrogen) atoms. The van der Waals surface area contributed by atoms with E-state index < -0.39 is 0 Å². The highest BCUT2D eigenvalue weighted by atomic mass is 79.9. The molecule has 0 aliphatic rings. The van der Waals surface area contributed by atoms with Gasteiger partial charge in [0.05, 0.1) is 5.76 Å². The number of rotatable bonds is 4. The highest BCUT2D eigenvalue weighted by Gasteiger charge is 2.06. The van der Waals surface area contributed by atoms with Crippen molar-refractivity contribution in [2.24, 2.45) is 0 Å². The lowest BCUT2D eigenvalue weighted by molar-refractivity contribution is 0.410. The normalized spacial score (nSPS) is 12.1. The van der Waals surface area contributed by atoms with E-state index in [0.29, 0.717) is 5.76 Å². The Balaban J connectivity index is 2.14. The van der Waals surface area contributed by atoms with Crippen LogP contribution in [0, 0.1) is 0 Å². The van der Waals surface area contributed by atoms with Gasteiger partial charge in [-0.3, -0.25) is 0 Å². The maximum atomic E-state index is 9.84. The van der Waals surface area contributed by atoms with Crippen molar-refractivity contribution in [3.8, 4) is 0 Å². The van der Waals surface area contributed by atoms with Gasteiger partial charge in [-0.05, 0) is 36.8 Å². The summed E-state index contributed by atoms with van der Waals surface area (Å²) in [6, 6.07) is 18.3. The molecular weight excluding hydrogens is 320 g/mol. The largest absolute Gasteiger partial charge is 0.512 e. The second kappa shape index (κ2) is 6.83. The molecule has 0 unspecified atom stereocenters. The molecule has 0 bridgehead atoms. The van der Waals surface area contributed by atoms with Gasteiger partial charge in [-0.2, -0.15) is 0 Å². The number of allylic oxidation sites excluding steroid dienone is 2. The second-order valence-electron chi connectivity index (χ2n) is 4.23. The average Bonchev–Trinajstić information content (AvgIpc) is 2.41. The Labute approximate surface area is 126 Å². The lowest BCUT2D eigenvalue weighted by atomic mass is 10.1. The summed E-state index contributed by atoms with van der Waals surface area (Å²) in [5.74, 6) is 0.386. The third-order valence-corrected chi connectivity index (χ3v) is 4.39. The van der Waals surface area contributed by atoms with E-state index in [-0.39, 0.29) is 0 Å². The number of hydrogen-bond donors (Lipinski definition) is 1. The molecule has 2 aromatic carbocycles. The molecule has 2 rings (SSSR count). The van der Waals surface area contributed by atoms with Crippen LogP contribution in [0.2, 0.25) is 0 Å². The smallest absolute Gasteiger partial charge is 0.0993 e. The summed E-state index contributed by atoms with van der Waals surface area (Å²) in [4.78, 5) is 2.11. The molecule has 0 fully saturated rings. The predicted octanol–water partition coefficient (Wildman–Crippen LogP) is 5.57. The molecule has 1 N–H and O–H groups in total. The summed E-state index contributed by atoms with van der Waals surface area (Å²) in [6.45, 7) is 1.74. The lowest BCUT2D eigenvalue weighted by Crippen LogP contribution is -1.91. The summed E-state index contributed by atoms with van der Waals surface area (Å²) >= 11 is 5.03. The number of thioether (sulfide) groups is 1. The summed E-state index contributed by atoms with van der Waals surface area (Å²) in [7, 11) is 0. The van der Waals surface area contributed by atoms with Gasteiger partial charge in [0, 0.05) is 20.7 Å². The van der Waals surface area contributed by atoms with E-state index in [9.17, 15) is 5.11 Å². The quantitative estimate of drug-likeness (QED) is 0.582. The summed E-state index contributed by atoms with van der Waals surface area (Å²) in [5, 5.41) is 9.84. The maximum absolute atomic E-state index is 9.84. The SMILES string of the molecule is CC(O)=C(Cc1ccccc1)Sc1ccc(Br)cc1. The van der Waals surface area contributed by atoms with Crippen molar-refractivity contribution in [3.05, 3.63) is 75.3 Å². The van der Waals surface area contributed by atoms with Gasteiger partial charge in [0.2, 0.25) is 0 Å². The molecular formula is C16H15BrOS. The van der Waals surface area contributed by atoms with E-state index >= 15 is 0 Å². The van der Waals surface area contributed by atoms with Gasteiger partial charge < -0.3 is 5.11 Å². The standard InChI is InChI=1S/C16H15BrOS/c1-12(18)16(11-13-5-3-2-4-6-13)19-15-9-7-14(17)8-10-15/h2-10,18H,11H2,1H3. The predicted molar refractivity (Wildman–Crippen MR) is 85.5 cm³/mol. The van der Waals surface area contributed by atoms with Crippen LogP contribution in [0.4, 0.5) is 0 Å². The number of benzene rings is 2. The van der Waals surface area contributed by atoms with Crippen molar-refractivity contribution >= 4 is 27.7 Å². The van der Waals surface area contributed by atoms with E-state index in [0.717, 1.165) is 20.7 Å². The first kappa shape index (κ1) is 14.2. The van der Waals surface area contributed by atoms with Crippen molar-refractivity contribution in [1.82, 2.24) is 0 Å². The molecule has 0 saturated heterocycles. The van der Waals surface area contributed by atoms with Gasteiger partial charge in [-0.25, -0.2) is 0 Å². The number of hydrogen-bond acceptors (Lipinski definition) is 2. The molecule has 3 heteroatoms. The zero-order valence-electron chi connectivity index (χ0n) is 10.6. The van der Waals surface area contributed by atoms with Crippen LogP contribution in [-0.4, -0.2) is 5.11 Å². The van der Waals surface area contributed by atoms with Gasteiger partial charge in [0.1, 0.15) is 0 Å². The fraction of sp³-hybridized carbons (Fsp3) is 0.125. The minimum atomic E-state index is 0.386. The van der Waals surface area contributed by atoms with E-state index in [1.807, 2.05) is 42.5 Å². The first-order chi connectivity index (χ1) is 9.15. The zero-order chi connectivity index (χ0) is 13.7. The van der Waals surface area contributed by atoms with Gasteiger partial charge >= 0.3 is 0 Å². The van der Waals surface area contributed by atoms with Gasteiger partial charge in [0.15, 0.2) is 0 Å². The highest BCUT2D eigenvalue weighted by molar-refractivity contribution is 9.10. The topological polar surface area (TPSA) is 20.2 Å². The molecule has 0 spiro atoms. The molecule has 0 saturated carbocycles. The molecule has 0 heterocycles. The van der Waals surface area contributed by atoms with Crippen molar-refractivity contribution in [2.75, 3.05) is 0 Å². The van der Waals surface area contributed by atoms with Crippen molar-refractivity contribution < 1.29 is 5.11 Å². The van der Waals surface area contributed by atoms with Crippen LogP contribution in [0.25, 0.3) is 0 Å². The van der Waals surface area contributed by atoms with Crippen molar-refractivity contribution in [2.45, 2.75) is 18.2 Å². The third-order valence-electron chi connectivity index (χ3n) is 2.67. The summed E-state index contributed by atoms with van der Waals surface area (Å²) < 4.78 is 1.06. The fourth-order valence-corrected chi connectivity index (χ4v) is 2.87. The third kappa shape index (κ3) is 4.44. The molecule has 0 aliphatic heterocycles. The molecule has 0 atom stereocenters. The minimum absolute atomic E-state index is 0.386. The highest BCUT2D eigenvalue weighted by Crippen LogP contribution is 2.31. The average molecular weight is 335 g/mol. The minimum Gasteiger partial charge on any atom is -0.512 e. The number of aliphatic hydroxyl groups excluding tert-OH is 1. The van der Waals surface area contributed by atoms with E-state index in [4.69, 9.17) is 0 Å². The second-order valence-corrected chi connectivity index (χ2v) is 6.31. The number of aliphatic hydroxyl groups is 1. The van der Waals surface area contributed by atoms with Crippen LogP contribution in [0.1, 0.15) is 12.5 Å². The monoisotopic (exact) mass is 334 g/mol. The van der Waals surface area contributed by atoms with Crippen LogP contribution in [0.15, 0.2) is 74.6 Å². The Bertz CT molecular complexity index is 557. The van der Waals surface area contributed by atoms with Crippen molar-refractivity contribution in [3.63, 3.8) is 0 Å². The first-order valence-electron chi connectivity index (χ1n) is 6.01. The Morgan fingerprint density at radius 3 is 2.26 bits per heavy atom. The Morgan fingerprint density at radius 2 is 1.68 bits per heavy atom. The van der Waals surface area contributed by atoms with E-state index in [2.05, 4.69) is 28.1 Å². The molecule has 0 amide bonds. The Hall–Kier alpha value is -1.19. The molecule has 2 aromatic rings. The van der Waals surface area contributed by atoms with Crippen LogP contribution >= 0.6 is 27.7 Å². The fourth-order valence-electron chi connectivity index (χ4n) is 1.66. The lowest BCUT2D eigenvalue weighted by Gasteiger charge is -2.09. The van der Waals surface area contributed by atoms with Crippen LogP contribution in [0.5, 0.6) is 0 Å². The van der Waals surface area contributed by atoms with Gasteiger partial charge in [-0.1, -0.05) is 58.0 Å². The summed E-state index contributed by atoms with van der Waals surface area (Å²) in [5.41, 5.74) is 1.20. The Morgan fingerprint density at radius 1 is 1.05 bits per heavy atom. The molecule has 1 nitrogen and oxygen atoms in total. The molecule has 0 aliphatic carbocycles. The molecule has 98 valence electrons. The van der Waals surface area contributed by atoms with E-state index in [1.54, 1.807) is 18.7 Å². The van der Waals surface area contributed by atoms with Crippen LogP contribution in [0.3, 0.4) is 0 Å². The maximum Gasteiger partial charge on any atom is 0.0993 e. The molecule has 0 aromatic heterocycles. The van der Waals surface area contributed by atoms with Crippen molar-refractivity contribution in [1.29, 1.82) is 0 Å². The Kier molecular flexibility index (Phi) is 5.11. The van der Waals surface area contributed by atoms with Crippen LogP contribution in [-0.2, 0) is 6.42 Å². The number of halogens is 1. The summed E-state index contributed by atoms with van der Waals surface area (Å²) in [6.07, 6.45) is 0.754. The van der Waals surface area contributed by atoms with Crippen LogP contribution < -0.4 is 0 Å².